The number of likely N-dealkylation sites (N-methyl/N-ethyl adjacent to an activating group) is 1. The van der Waals surface area contributed by atoms with Gasteiger partial charge in [0.05, 0.1) is 10.5 Å². The first-order chi connectivity index (χ1) is 14.4. The van der Waals surface area contributed by atoms with Gasteiger partial charge in [0.15, 0.2) is 0 Å². The summed E-state index contributed by atoms with van der Waals surface area (Å²) in [7, 11) is 2.08. The Morgan fingerprint density at radius 3 is 2.67 bits per heavy atom. The molecule has 2 aliphatic rings. The molecule has 0 aromatic carbocycles. The Bertz CT molecular complexity index is 1130. The summed E-state index contributed by atoms with van der Waals surface area (Å²) >= 11 is 6.55. The molecule has 9 heteroatoms. The Labute approximate surface area is 184 Å². The average molecular weight is 442 g/mol. The van der Waals surface area contributed by atoms with Crippen molar-refractivity contribution in [3.8, 4) is 0 Å². The topological polar surface area (TPSA) is 61.2 Å². The van der Waals surface area contributed by atoms with E-state index in [1.807, 2.05) is 19.1 Å². The van der Waals surface area contributed by atoms with E-state index in [0.29, 0.717) is 32.8 Å². The van der Waals surface area contributed by atoms with Gasteiger partial charge in [0.25, 0.3) is 11.5 Å². The van der Waals surface area contributed by atoms with Crippen LogP contribution in [0.1, 0.15) is 11.1 Å². The molecule has 0 bridgehead atoms. The van der Waals surface area contributed by atoms with Crippen LogP contribution in [0, 0.1) is 6.92 Å². The van der Waals surface area contributed by atoms with Crippen LogP contribution in [0.2, 0.25) is 0 Å². The zero-order valence-electron chi connectivity index (χ0n) is 17.0. The highest BCUT2D eigenvalue weighted by molar-refractivity contribution is 8.26. The Balaban J connectivity index is 1.87. The van der Waals surface area contributed by atoms with Crippen LogP contribution in [0.3, 0.4) is 0 Å². The third-order valence-electron chi connectivity index (χ3n) is 5.25. The first-order valence-corrected chi connectivity index (χ1v) is 10.9. The predicted octanol–water partition coefficient (Wildman–Crippen LogP) is 2.14. The molecule has 2 fully saturated rings. The van der Waals surface area contributed by atoms with Gasteiger partial charge in [0.1, 0.15) is 15.8 Å². The molecule has 2 aliphatic heterocycles. The summed E-state index contributed by atoms with van der Waals surface area (Å²) in [5.41, 5.74) is 1.78. The minimum absolute atomic E-state index is 0.188. The summed E-state index contributed by atoms with van der Waals surface area (Å²) in [5.74, 6) is 0.411. The minimum Gasteiger partial charge on any atom is -0.353 e. The molecule has 0 saturated carbocycles. The number of carbonyl (C=O) groups excluding carboxylic acids is 1. The number of thiocarbonyl (C=S) groups is 1. The molecule has 0 spiro atoms. The molecule has 156 valence electrons. The quantitative estimate of drug-likeness (QED) is 0.409. The molecular weight excluding hydrogens is 418 g/mol. The third kappa shape index (κ3) is 3.80. The van der Waals surface area contributed by atoms with Crippen LogP contribution in [0.4, 0.5) is 5.82 Å². The fourth-order valence-electron chi connectivity index (χ4n) is 3.55. The maximum absolute atomic E-state index is 13.4. The van der Waals surface area contributed by atoms with E-state index in [4.69, 9.17) is 17.2 Å². The van der Waals surface area contributed by atoms with E-state index in [1.165, 1.54) is 16.7 Å². The molecule has 4 rings (SSSR count). The summed E-state index contributed by atoms with van der Waals surface area (Å²) in [6, 6.07) is 3.79. The van der Waals surface area contributed by atoms with Gasteiger partial charge in [-0.2, -0.15) is 0 Å². The summed E-state index contributed by atoms with van der Waals surface area (Å²) < 4.78 is 2.02. The van der Waals surface area contributed by atoms with Crippen molar-refractivity contribution in [1.29, 1.82) is 0 Å². The monoisotopic (exact) mass is 441 g/mol. The summed E-state index contributed by atoms with van der Waals surface area (Å²) in [5, 5.41) is 0. The zero-order valence-corrected chi connectivity index (χ0v) is 18.6. The lowest BCUT2D eigenvalue weighted by Gasteiger charge is -2.34. The Morgan fingerprint density at radius 1 is 1.23 bits per heavy atom. The smallest absolute Gasteiger partial charge is 0.267 e. The van der Waals surface area contributed by atoms with Crippen LogP contribution in [-0.2, 0) is 4.79 Å². The highest BCUT2D eigenvalue weighted by Gasteiger charge is 2.32. The van der Waals surface area contributed by atoms with E-state index >= 15 is 0 Å². The van der Waals surface area contributed by atoms with Crippen molar-refractivity contribution in [3.05, 3.63) is 57.4 Å². The van der Waals surface area contributed by atoms with E-state index in [1.54, 1.807) is 22.7 Å². The number of nitrogens with zero attached hydrogens (tertiary/aromatic N) is 5. The number of piperazine rings is 1. The maximum atomic E-state index is 13.4. The molecule has 0 N–H and O–H groups in total. The van der Waals surface area contributed by atoms with Gasteiger partial charge in [-0.25, -0.2) is 4.98 Å². The van der Waals surface area contributed by atoms with Crippen LogP contribution in [0.15, 0.2) is 40.7 Å². The molecule has 0 atom stereocenters. The second-order valence-electron chi connectivity index (χ2n) is 7.46. The van der Waals surface area contributed by atoms with Gasteiger partial charge < -0.3 is 9.80 Å². The Hall–Kier alpha value is -2.49. The number of aromatic nitrogens is 2. The molecule has 7 nitrogen and oxygen atoms in total. The minimum atomic E-state index is -0.206. The van der Waals surface area contributed by atoms with Crippen LogP contribution in [0.25, 0.3) is 11.7 Å². The van der Waals surface area contributed by atoms with Gasteiger partial charge in [-0.3, -0.25) is 18.9 Å². The van der Waals surface area contributed by atoms with Gasteiger partial charge in [0.2, 0.25) is 0 Å². The van der Waals surface area contributed by atoms with Crippen LogP contribution in [0.5, 0.6) is 0 Å². The average Bonchev–Trinajstić information content (AvgIpc) is 2.99. The molecule has 0 aliphatic carbocycles. The normalized spacial score (nSPS) is 19.3. The van der Waals surface area contributed by atoms with E-state index in [9.17, 15) is 9.59 Å². The lowest BCUT2D eigenvalue weighted by atomic mass is 10.2. The summed E-state index contributed by atoms with van der Waals surface area (Å²) in [4.78, 5) is 37.4. The molecule has 0 radical (unpaired) electrons. The summed E-state index contributed by atoms with van der Waals surface area (Å²) in [6.07, 6.45) is 5.07. The van der Waals surface area contributed by atoms with E-state index in [-0.39, 0.29) is 11.5 Å². The van der Waals surface area contributed by atoms with Crippen molar-refractivity contribution in [1.82, 2.24) is 19.2 Å². The van der Waals surface area contributed by atoms with Crippen LogP contribution >= 0.6 is 24.0 Å². The molecule has 1 amide bonds. The van der Waals surface area contributed by atoms with Crippen LogP contribution in [-0.4, -0.2) is 69.2 Å². The number of hydrogen-bond acceptors (Lipinski definition) is 7. The third-order valence-corrected chi connectivity index (χ3v) is 6.63. The van der Waals surface area contributed by atoms with Gasteiger partial charge in [-0.1, -0.05) is 36.1 Å². The molecule has 2 saturated heterocycles. The van der Waals surface area contributed by atoms with Gasteiger partial charge in [-0.05, 0) is 31.7 Å². The van der Waals surface area contributed by atoms with Gasteiger partial charge >= 0.3 is 0 Å². The fourth-order valence-corrected chi connectivity index (χ4v) is 4.81. The second kappa shape index (κ2) is 8.33. The second-order valence-corrected chi connectivity index (χ2v) is 9.14. The largest absolute Gasteiger partial charge is 0.353 e. The number of amides is 1. The number of rotatable bonds is 4. The highest BCUT2D eigenvalue weighted by Crippen LogP contribution is 2.33. The van der Waals surface area contributed by atoms with Gasteiger partial charge in [-0.15, -0.1) is 6.58 Å². The van der Waals surface area contributed by atoms with E-state index < -0.39 is 0 Å². The van der Waals surface area contributed by atoms with E-state index in [2.05, 4.69) is 23.4 Å². The van der Waals surface area contributed by atoms with Crippen molar-refractivity contribution < 1.29 is 4.79 Å². The van der Waals surface area contributed by atoms with E-state index in [0.717, 1.165) is 31.7 Å². The number of thioether (sulfide) groups is 1. The Morgan fingerprint density at radius 2 is 1.97 bits per heavy atom. The SMILES string of the molecule is C=CCN1C(=O)C(=Cc2c(N3CCN(C)CC3)nc3ccc(C)cn3c2=O)SC1=S. The molecule has 0 unspecified atom stereocenters. The number of carbonyl (C=O) groups is 1. The lowest BCUT2D eigenvalue weighted by molar-refractivity contribution is -0.121. The van der Waals surface area contributed by atoms with Crippen molar-refractivity contribution in [3.63, 3.8) is 0 Å². The van der Waals surface area contributed by atoms with Crippen molar-refractivity contribution >= 4 is 51.7 Å². The van der Waals surface area contributed by atoms with Crippen molar-refractivity contribution in [2.45, 2.75) is 6.92 Å². The molecule has 30 heavy (non-hydrogen) atoms. The number of hydrogen-bond donors (Lipinski definition) is 0. The molecule has 2 aromatic heterocycles. The lowest BCUT2D eigenvalue weighted by Crippen LogP contribution is -2.45. The van der Waals surface area contributed by atoms with Gasteiger partial charge in [0, 0.05) is 38.9 Å². The Kier molecular flexibility index (Phi) is 5.77. The van der Waals surface area contributed by atoms with Crippen molar-refractivity contribution in [2.75, 3.05) is 44.7 Å². The molecular formula is C21H23N5O2S2. The van der Waals surface area contributed by atoms with Crippen molar-refractivity contribution in [2.24, 2.45) is 0 Å². The number of aryl methyl sites for hydroxylation is 1. The zero-order chi connectivity index (χ0) is 21.4. The first-order valence-electron chi connectivity index (χ1n) is 9.72. The first kappa shape index (κ1) is 20.8. The summed E-state index contributed by atoms with van der Waals surface area (Å²) in [6.45, 7) is 9.27. The highest BCUT2D eigenvalue weighted by atomic mass is 32.2. The molecule has 2 aromatic rings. The molecule has 4 heterocycles. The maximum Gasteiger partial charge on any atom is 0.267 e. The number of fused-ring (bicyclic) bond motifs is 1. The number of pyridine rings is 1. The standard InChI is InChI=1S/C21H23N5O2S2/c1-4-7-25-20(28)16(30-21(25)29)12-15-18(24-10-8-23(3)9-11-24)22-17-6-5-14(2)13-26(17)19(15)27/h4-6,12-13H,1,7-11H2,2-3H3. The predicted molar refractivity (Wildman–Crippen MR) is 126 cm³/mol. The number of anilines is 1. The fraction of sp³-hybridized carbons (Fsp3) is 0.333. The van der Waals surface area contributed by atoms with Crippen LogP contribution < -0.4 is 10.5 Å².